The highest BCUT2D eigenvalue weighted by atomic mass is 16.2. The van der Waals surface area contributed by atoms with Crippen LogP contribution >= 0.6 is 0 Å². The van der Waals surface area contributed by atoms with Crippen molar-refractivity contribution < 1.29 is 9.59 Å². The Bertz CT molecular complexity index is 211. The highest BCUT2D eigenvalue weighted by Gasteiger charge is 2.29. The third-order valence-electron chi connectivity index (χ3n) is 1.67. The Morgan fingerprint density at radius 2 is 1.85 bits per heavy atom. The molecule has 13 heavy (non-hydrogen) atoms. The van der Waals surface area contributed by atoms with Crippen molar-refractivity contribution in [2.24, 2.45) is 5.92 Å². The molecule has 1 aliphatic rings. The third-order valence-corrected chi connectivity index (χ3v) is 1.67. The molecule has 0 bridgehead atoms. The summed E-state index contributed by atoms with van der Waals surface area (Å²) in [5.74, 6) is 0.0123. The van der Waals surface area contributed by atoms with Crippen LogP contribution < -0.4 is 16.2 Å². The van der Waals surface area contributed by atoms with E-state index in [0.717, 1.165) is 12.8 Å². The molecular formula is C8H15N3O2. The standard InChI is InChI=1S/C8H15N3O2/c1-5(2)9-8(13)11-10-7(12)6-3-4-6/h5-6H,3-4H2,1-2H3,(H,10,12)(H2,9,11,13). The van der Waals surface area contributed by atoms with Gasteiger partial charge in [0.2, 0.25) is 5.91 Å². The van der Waals surface area contributed by atoms with Crippen molar-refractivity contribution in [3.8, 4) is 0 Å². The van der Waals surface area contributed by atoms with Crippen LogP contribution in [0.15, 0.2) is 0 Å². The number of hydrazine groups is 1. The van der Waals surface area contributed by atoms with Crippen LogP contribution in [0.3, 0.4) is 0 Å². The van der Waals surface area contributed by atoms with Crippen LogP contribution in [0.1, 0.15) is 26.7 Å². The van der Waals surface area contributed by atoms with Crippen molar-refractivity contribution in [2.45, 2.75) is 32.7 Å². The van der Waals surface area contributed by atoms with Gasteiger partial charge in [-0.15, -0.1) is 0 Å². The molecule has 0 radical (unpaired) electrons. The lowest BCUT2D eigenvalue weighted by Crippen LogP contribution is -2.49. The van der Waals surface area contributed by atoms with Crippen LogP contribution in [-0.4, -0.2) is 18.0 Å². The van der Waals surface area contributed by atoms with Gasteiger partial charge in [-0.1, -0.05) is 0 Å². The number of amides is 3. The summed E-state index contributed by atoms with van der Waals surface area (Å²) in [5.41, 5.74) is 4.63. The molecule has 0 heterocycles. The number of rotatable bonds is 2. The summed E-state index contributed by atoms with van der Waals surface area (Å²) in [6.45, 7) is 3.70. The predicted octanol–water partition coefficient (Wildman–Crippen LogP) is 0.135. The van der Waals surface area contributed by atoms with E-state index in [1.165, 1.54) is 0 Å². The van der Waals surface area contributed by atoms with Gasteiger partial charge in [0, 0.05) is 12.0 Å². The summed E-state index contributed by atoms with van der Waals surface area (Å²) in [7, 11) is 0. The molecule has 1 saturated carbocycles. The van der Waals surface area contributed by atoms with Crippen molar-refractivity contribution in [1.82, 2.24) is 16.2 Å². The molecule has 3 N–H and O–H groups in total. The Morgan fingerprint density at radius 3 is 2.31 bits per heavy atom. The molecule has 0 aromatic carbocycles. The summed E-state index contributed by atoms with van der Waals surface area (Å²) < 4.78 is 0. The van der Waals surface area contributed by atoms with Crippen LogP contribution in [0.4, 0.5) is 4.79 Å². The summed E-state index contributed by atoms with van der Waals surface area (Å²) >= 11 is 0. The molecule has 5 nitrogen and oxygen atoms in total. The molecule has 0 atom stereocenters. The van der Waals surface area contributed by atoms with Gasteiger partial charge in [0.25, 0.3) is 0 Å². The van der Waals surface area contributed by atoms with Gasteiger partial charge in [-0.05, 0) is 26.7 Å². The Labute approximate surface area is 77.2 Å². The van der Waals surface area contributed by atoms with Crippen molar-refractivity contribution in [3.63, 3.8) is 0 Å². The van der Waals surface area contributed by atoms with E-state index in [0.29, 0.717) is 0 Å². The number of hydrogen-bond acceptors (Lipinski definition) is 2. The van der Waals surface area contributed by atoms with Crippen LogP contribution in [-0.2, 0) is 4.79 Å². The molecule has 0 saturated heterocycles. The van der Waals surface area contributed by atoms with Crippen molar-refractivity contribution in [3.05, 3.63) is 0 Å². The van der Waals surface area contributed by atoms with E-state index >= 15 is 0 Å². The Hall–Kier alpha value is -1.26. The monoisotopic (exact) mass is 185 g/mol. The maximum atomic E-state index is 11.0. The third kappa shape index (κ3) is 3.78. The molecule has 1 rings (SSSR count). The minimum Gasteiger partial charge on any atom is -0.335 e. The van der Waals surface area contributed by atoms with Gasteiger partial charge in [0.05, 0.1) is 0 Å². The lowest BCUT2D eigenvalue weighted by molar-refractivity contribution is -0.123. The molecule has 0 aromatic rings. The van der Waals surface area contributed by atoms with E-state index in [9.17, 15) is 9.59 Å². The van der Waals surface area contributed by atoms with Crippen LogP contribution in [0.2, 0.25) is 0 Å². The van der Waals surface area contributed by atoms with Gasteiger partial charge in [-0.25, -0.2) is 10.2 Å². The second kappa shape index (κ2) is 4.11. The quantitative estimate of drug-likeness (QED) is 0.535. The van der Waals surface area contributed by atoms with Gasteiger partial charge in [0.15, 0.2) is 0 Å². The molecule has 0 aliphatic heterocycles. The average Bonchev–Trinajstić information content (AvgIpc) is 2.80. The topological polar surface area (TPSA) is 70.2 Å². The van der Waals surface area contributed by atoms with Crippen molar-refractivity contribution in [2.75, 3.05) is 0 Å². The lowest BCUT2D eigenvalue weighted by Gasteiger charge is -2.10. The van der Waals surface area contributed by atoms with Crippen molar-refractivity contribution in [1.29, 1.82) is 0 Å². The molecule has 74 valence electrons. The molecule has 0 aromatic heterocycles. The van der Waals surface area contributed by atoms with Gasteiger partial charge in [-0.2, -0.15) is 0 Å². The zero-order valence-electron chi connectivity index (χ0n) is 7.89. The number of hydrogen-bond donors (Lipinski definition) is 3. The zero-order valence-corrected chi connectivity index (χ0v) is 7.89. The lowest BCUT2D eigenvalue weighted by atomic mass is 10.4. The molecule has 5 heteroatoms. The Kier molecular flexibility index (Phi) is 3.11. The van der Waals surface area contributed by atoms with E-state index < -0.39 is 0 Å². The van der Waals surface area contributed by atoms with Gasteiger partial charge in [0.1, 0.15) is 0 Å². The first kappa shape index (κ1) is 9.83. The fraction of sp³-hybridized carbons (Fsp3) is 0.750. The summed E-state index contributed by atoms with van der Waals surface area (Å²) in [6, 6.07) is -0.304. The maximum Gasteiger partial charge on any atom is 0.333 e. The predicted molar refractivity (Wildman–Crippen MR) is 47.7 cm³/mol. The second-order valence-electron chi connectivity index (χ2n) is 3.52. The molecule has 1 aliphatic carbocycles. The van der Waals surface area contributed by atoms with Crippen LogP contribution in [0.25, 0.3) is 0 Å². The zero-order chi connectivity index (χ0) is 9.84. The highest BCUT2D eigenvalue weighted by Crippen LogP contribution is 2.28. The molecule has 0 spiro atoms. The van der Waals surface area contributed by atoms with E-state index in [2.05, 4.69) is 16.2 Å². The van der Waals surface area contributed by atoms with E-state index in [1.54, 1.807) is 0 Å². The molecular weight excluding hydrogens is 170 g/mol. The van der Waals surface area contributed by atoms with E-state index in [4.69, 9.17) is 0 Å². The SMILES string of the molecule is CC(C)NC(=O)NNC(=O)C1CC1. The fourth-order valence-corrected chi connectivity index (χ4v) is 0.864. The van der Waals surface area contributed by atoms with E-state index in [-0.39, 0.29) is 23.9 Å². The molecule has 0 unspecified atom stereocenters. The number of nitrogens with one attached hydrogen (secondary N) is 3. The van der Waals surface area contributed by atoms with Crippen LogP contribution in [0, 0.1) is 5.92 Å². The van der Waals surface area contributed by atoms with Gasteiger partial charge in [-0.3, -0.25) is 10.2 Å². The summed E-state index contributed by atoms with van der Waals surface area (Å²) in [6.07, 6.45) is 1.86. The first-order valence-electron chi connectivity index (χ1n) is 4.46. The van der Waals surface area contributed by atoms with Crippen LogP contribution in [0.5, 0.6) is 0 Å². The Balaban J connectivity index is 2.10. The summed E-state index contributed by atoms with van der Waals surface area (Å²) in [4.78, 5) is 22.0. The first-order valence-corrected chi connectivity index (χ1v) is 4.46. The second-order valence-corrected chi connectivity index (χ2v) is 3.52. The van der Waals surface area contributed by atoms with Crippen molar-refractivity contribution >= 4 is 11.9 Å². The highest BCUT2D eigenvalue weighted by molar-refractivity contribution is 5.84. The largest absolute Gasteiger partial charge is 0.335 e. The normalized spacial score (nSPS) is 15.3. The number of urea groups is 1. The molecule has 3 amide bonds. The average molecular weight is 185 g/mol. The minimum atomic E-state index is -0.371. The number of carbonyl (C=O) groups is 2. The van der Waals surface area contributed by atoms with Gasteiger partial charge < -0.3 is 5.32 Å². The molecule has 1 fully saturated rings. The van der Waals surface area contributed by atoms with E-state index in [1.807, 2.05) is 13.8 Å². The first-order chi connectivity index (χ1) is 6.09. The fourth-order valence-electron chi connectivity index (χ4n) is 0.864. The minimum absolute atomic E-state index is 0.0674. The maximum absolute atomic E-state index is 11.0. The summed E-state index contributed by atoms with van der Waals surface area (Å²) in [5, 5.41) is 2.59. The smallest absolute Gasteiger partial charge is 0.333 e. The number of carbonyl (C=O) groups excluding carboxylic acids is 2. The Morgan fingerprint density at radius 1 is 1.23 bits per heavy atom. The van der Waals surface area contributed by atoms with Gasteiger partial charge >= 0.3 is 6.03 Å².